The third kappa shape index (κ3) is 2.84. The monoisotopic (exact) mass is 281 g/mol. The Bertz CT molecular complexity index is 548. The molecule has 0 heterocycles. The summed E-state index contributed by atoms with van der Waals surface area (Å²) in [6, 6.07) is 3.56. The maximum Gasteiger partial charge on any atom is 0.311 e. The predicted octanol–water partition coefficient (Wildman–Crippen LogP) is 1.72. The van der Waals surface area contributed by atoms with Gasteiger partial charge < -0.3 is 20.6 Å². The van der Waals surface area contributed by atoms with Gasteiger partial charge >= 0.3 is 5.97 Å². The summed E-state index contributed by atoms with van der Waals surface area (Å²) in [7, 11) is 0. The van der Waals surface area contributed by atoms with Crippen LogP contribution in [0, 0.1) is 5.41 Å². The summed E-state index contributed by atoms with van der Waals surface area (Å²) in [5.41, 5.74) is -2.39. The van der Waals surface area contributed by atoms with Crippen LogP contribution in [0.5, 0.6) is 11.5 Å². The second-order valence-electron chi connectivity index (χ2n) is 5.71. The first-order valence-corrected chi connectivity index (χ1v) is 6.07. The Morgan fingerprint density at radius 3 is 2.15 bits per heavy atom. The smallest absolute Gasteiger partial charge is 0.311 e. The van der Waals surface area contributed by atoms with Gasteiger partial charge in [0.05, 0.1) is 16.5 Å². The number of hydrogen-bond acceptors (Lipinski definition) is 4. The molecule has 110 valence electrons. The Labute approximate surface area is 117 Å². The van der Waals surface area contributed by atoms with E-state index in [0.717, 1.165) is 6.07 Å². The highest BCUT2D eigenvalue weighted by Gasteiger charge is 2.44. The molecule has 0 aliphatic heterocycles. The van der Waals surface area contributed by atoms with Crippen LogP contribution in [0.2, 0.25) is 0 Å². The maximum absolute atomic E-state index is 12.1. The topological polar surface area (TPSA) is 107 Å². The van der Waals surface area contributed by atoms with E-state index >= 15 is 0 Å². The number of rotatable bonds is 4. The molecule has 0 bridgehead atoms. The minimum atomic E-state index is -1.21. The lowest BCUT2D eigenvalue weighted by molar-refractivity contribution is -0.150. The number of hydrogen-bond donors (Lipinski definition) is 4. The highest BCUT2D eigenvalue weighted by Crippen LogP contribution is 2.32. The molecule has 6 heteroatoms. The lowest BCUT2D eigenvalue weighted by Crippen LogP contribution is -2.56. The summed E-state index contributed by atoms with van der Waals surface area (Å²) in [5.74, 6) is -2.16. The van der Waals surface area contributed by atoms with Crippen molar-refractivity contribution in [2.24, 2.45) is 5.41 Å². The molecular formula is C14H19NO5. The zero-order chi connectivity index (χ0) is 15.7. The quantitative estimate of drug-likeness (QED) is 0.629. The molecular weight excluding hydrogens is 262 g/mol. The first-order chi connectivity index (χ1) is 8.99. The molecule has 0 radical (unpaired) electrons. The van der Waals surface area contributed by atoms with Crippen molar-refractivity contribution >= 4 is 11.9 Å². The van der Waals surface area contributed by atoms with Crippen LogP contribution in [0.1, 0.15) is 38.1 Å². The van der Waals surface area contributed by atoms with E-state index in [4.69, 9.17) is 0 Å². The fourth-order valence-corrected chi connectivity index (χ4v) is 1.48. The van der Waals surface area contributed by atoms with Gasteiger partial charge in [0.15, 0.2) is 0 Å². The molecule has 1 rings (SSSR count). The zero-order valence-electron chi connectivity index (χ0n) is 11.9. The van der Waals surface area contributed by atoms with Gasteiger partial charge in [0, 0.05) is 0 Å². The zero-order valence-corrected chi connectivity index (χ0v) is 11.9. The molecule has 0 saturated heterocycles. The normalized spacial score (nSPS) is 12.0. The Hall–Kier alpha value is -2.24. The van der Waals surface area contributed by atoms with E-state index in [1.54, 1.807) is 13.8 Å². The van der Waals surface area contributed by atoms with Crippen LogP contribution >= 0.6 is 0 Å². The number of carboxylic acids is 1. The van der Waals surface area contributed by atoms with Crippen molar-refractivity contribution < 1.29 is 24.9 Å². The minimum absolute atomic E-state index is 0.112. The van der Waals surface area contributed by atoms with Crippen LogP contribution in [-0.2, 0) is 4.79 Å². The molecule has 0 atom stereocenters. The number of phenols is 2. The van der Waals surface area contributed by atoms with Crippen LogP contribution in [0.15, 0.2) is 18.2 Å². The highest BCUT2D eigenvalue weighted by molar-refractivity contribution is 5.98. The van der Waals surface area contributed by atoms with E-state index in [0.29, 0.717) is 0 Å². The van der Waals surface area contributed by atoms with Gasteiger partial charge in [-0.15, -0.1) is 0 Å². The van der Waals surface area contributed by atoms with Gasteiger partial charge in [-0.05, 0) is 45.9 Å². The Kier molecular flexibility index (Phi) is 3.98. The number of benzene rings is 1. The van der Waals surface area contributed by atoms with Crippen molar-refractivity contribution in [3.63, 3.8) is 0 Å². The molecule has 0 saturated carbocycles. The molecule has 0 aromatic heterocycles. The fraction of sp³-hybridized carbons (Fsp3) is 0.429. The van der Waals surface area contributed by atoms with Crippen LogP contribution < -0.4 is 5.32 Å². The molecule has 0 unspecified atom stereocenters. The Morgan fingerprint density at radius 2 is 1.65 bits per heavy atom. The van der Waals surface area contributed by atoms with Crippen molar-refractivity contribution in [3.8, 4) is 11.5 Å². The van der Waals surface area contributed by atoms with Gasteiger partial charge in [0.1, 0.15) is 11.5 Å². The van der Waals surface area contributed by atoms with Crippen LogP contribution in [0.4, 0.5) is 0 Å². The second-order valence-corrected chi connectivity index (χ2v) is 5.71. The van der Waals surface area contributed by atoms with Crippen molar-refractivity contribution in [3.05, 3.63) is 23.8 Å². The summed E-state index contributed by atoms with van der Waals surface area (Å²) in [5, 5.41) is 30.8. The summed E-state index contributed by atoms with van der Waals surface area (Å²) >= 11 is 0. The molecule has 6 nitrogen and oxygen atoms in total. The molecule has 0 aliphatic rings. The molecule has 0 aliphatic carbocycles. The summed E-state index contributed by atoms with van der Waals surface area (Å²) in [6.45, 7) is 6.16. The van der Waals surface area contributed by atoms with E-state index in [9.17, 15) is 24.9 Å². The first-order valence-electron chi connectivity index (χ1n) is 6.07. The fourth-order valence-electron chi connectivity index (χ4n) is 1.48. The first kappa shape index (κ1) is 15.8. The van der Waals surface area contributed by atoms with Gasteiger partial charge in [-0.3, -0.25) is 9.59 Å². The van der Waals surface area contributed by atoms with Gasteiger partial charge in [-0.1, -0.05) is 0 Å². The number of carbonyl (C=O) groups excluding carboxylic acids is 1. The Balaban J connectivity index is 3.06. The molecule has 1 aromatic carbocycles. The third-order valence-corrected chi connectivity index (χ3v) is 3.75. The standard InChI is InChI=1S/C14H19NO5/c1-13(2,12(19)20)14(3,4)15-11(18)9-7-8(16)5-6-10(9)17/h5-7,16-17H,1-4H3,(H,15,18)(H,19,20). The van der Waals surface area contributed by atoms with Crippen LogP contribution in [0.25, 0.3) is 0 Å². The van der Waals surface area contributed by atoms with E-state index in [1.807, 2.05) is 0 Å². The molecule has 0 spiro atoms. The maximum atomic E-state index is 12.1. The lowest BCUT2D eigenvalue weighted by atomic mass is 9.74. The number of carboxylic acid groups (broad SMARTS) is 1. The minimum Gasteiger partial charge on any atom is -0.508 e. The summed E-state index contributed by atoms with van der Waals surface area (Å²) < 4.78 is 0. The molecule has 20 heavy (non-hydrogen) atoms. The summed E-state index contributed by atoms with van der Waals surface area (Å²) in [6.07, 6.45) is 0. The van der Waals surface area contributed by atoms with Gasteiger partial charge in [0.25, 0.3) is 5.91 Å². The van der Waals surface area contributed by atoms with E-state index in [2.05, 4.69) is 5.32 Å². The molecule has 1 aromatic rings. The molecule has 0 fully saturated rings. The summed E-state index contributed by atoms with van der Waals surface area (Å²) in [4.78, 5) is 23.4. The number of nitrogens with one attached hydrogen (secondary N) is 1. The van der Waals surface area contributed by atoms with Gasteiger partial charge in [-0.2, -0.15) is 0 Å². The Morgan fingerprint density at radius 1 is 1.10 bits per heavy atom. The van der Waals surface area contributed by atoms with Crippen LogP contribution in [-0.4, -0.2) is 32.7 Å². The SMILES string of the molecule is CC(C)(NC(=O)c1cc(O)ccc1O)C(C)(C)C(=O)O. The van der Waals surface area contributed by atoms with E-state index < -0.39 is 22.8 Å². The van der Waals surface area contributed by atoms with E-state index in [-0.39, 0.29) is 17.1 Å². The second kappa shape index (κ2) is 5.03. The number of aromatic hydroxyl groups is 2. The van der Waals surface area contributed by atoms with Crippen molar-refractivity contribution in [2.75, 3.05) is 0 Å². The average Bonchev–Trinajstić information content (AvgIpc) is 2.31. The molecule has 1 amide bonds. The number of phenolic OH excluding ortho intramolecular Hbond substituents is 2. The highest BCUT2D eigenvalue weighted by atomic mass is 16.4. The molecule has 4 N–H and O–H groups in total. The van der Waals surface area contributed by atoms with Crippen molar-refractivity contribution in [1.29, 1.82) is 0 Å². The van der Waals surface area contributed by atoms with Gasteiger partial charge in [-0.25, -0.2) is 0 Å². The van der Waals surface area contributed by atoms with Crippen molar-refractivity contribution in [2.45, 2.75) is 33.2 Å². The largest absolute Gasteiger partial charge is 0.508 e. The van der Waals surface area contributed by atoms with E-state index in [1.165, 1.54) is 26.0 Å². The van der Waals surface area contributed by atoms with Crippen LogP contribution in [0.3, 0.4) is 0 Å². The van der Waals surface area contributed by atoms with Crippen molar-refractivity contribution in [1.82, 2.24) is 5.32 Å². The number of amides is 1. The number of carbonyl (C=O) groups is 2. The predicted molar refractivity (Wildman–Crippen MR) is 72.7 cm³/mol. The lowest BCUT2D eigenvalue weighted by Gasteiger charge is -2.38. The average molecular weight is 281 g/mol. The third-order valence-electron chi connectivity index (χ3n) is 3.75. The van der Waals surface area contributed by atoms with Gasteiger partial charge in [0.2, 0.25) is 0 Å². The number of aliphatic carboxylic acids is 1.